The van der Waals surface area contributed by atoms with Gasteiger partial charge in [-0.25, -0.2) is 4.79 Å². The molecule has 1 aromatic rings. The zero-order chi connectivity index (χ0) is 13.3. The number of aliphatic hydroxyl groups excluding tert-OH is 2. The predicted molar refractivity (Wildman–Crippen MR) is 63.2 cm³/mol. The Morgan fingerprint density at radius 1 is 1.67 bits per heavy atom. The smallest absolute Gasteiger partial charge is 0.351 e. The molecule has 0 spiro atoms. The van der Waals surface area contributed by atoms with Crippen LogP contribution in [0.2, 0.25) is 0 Å². The summed E-state index contributed by atoms with van der Waals surface area (Å²) in [5.74, 6) is -0.00602. The number of ether oxygens (including phenoxy) is 1. The number of hydrogen-bond acceptors (Lipinski definition) is 7. The molecule has 0 unspecified atom stereocenters. The zero-order valence-corrected chi connectivity index (χ0v) is 10.7. The Morgan fingerprint density at radius 3 is 2.94 bits per heavy atom. The average Bonchev–Trinajstić information content (AvgIpc) is 2.72. The molecule has 0 radical (unpaired) electrons. The van der Waals surface area contributed by atoms with E-state index in [1.165, 1.54) is 10.8 Å². The van der Waals surface area contributed by atoms with Gasteiger partial charge in [0.2, 0.25) is 0 Å². The summed E-state index contributed by atoms with van der Waals surface area (Å²) in [4.78, 5) is 15.3. The van der Waals surface area contributed by atoms with E-state index in [0.29, 0.717) is 4.47 Å². The number of rotatable bonds is 3. The molecule has 8 nitrogen and oxygen atoms in total. The van der Waals surface area contributed by atoms with E-state index in [9.17, 15) is 9.90 Å². The molecular weight excluding hydrogens is 310 g/mol. The molecule has 2 heterocycles. The van der Waals surface area contributed by atoms with Gasteiger partial charge in [-0.15, -0.1) is 0 Å². The van der Waals surface area contributed by atoms with Crippen molar-refractivity contribution >= 4 is 21.7 Å². The van der Waals surface area contributed by atoms with Gasteiger partial charge >= 0.3 is 5.69 Å². The summed E-state index contributed by atoms with van der Waals surface area (Å²) in [7, 11) is 0. The Kier molecular flexibility index (Phi) is 3.97. The van der Waals surface area contributed by atoms with E-state index in [1.807, 2.05) is 0 Å². The van der Waals surface area contributed by atoms with Crippen molar-refractivity contribution in [2.45, 2.75) is 24.9 Å². The molecule has 1 aliphatic rings. The van der Waals surface area contributed by atoms with Gasteiger partial charge < -0.3 is 14.9 Å². The van der Waals surface area contributed by atoms with Gasteiger partial charge in [0.1, 0.15) is 12.3 Å². The second-order valence-corrected chi connectivity index (χ2v) is 4.71. The number of nitrogens with zero attached hydrogens (tertiary/aromatic N) is 2. The fraction of sp³-hybridized carbons (Fsp3) is 0.556. The highest BCUT2D eigenvalue weighted by molar-refractivity contribution is 9.10. The quantitative estimate of drug-likeness (QED) is 0.552. The zero-order valence-electron chi connectivity index (χ0n) is 9.15. The summed E-state index contributed by atoms with van der Waals surface area (Å²) in [5, 5.41) is 27.3. The van der Waals surface area contributed by atoms with Crippen LogP contribution in [0, 0.1) is 0 Å². The third-order valence-electron chi connectivity index (χ3n) is 2.71. The van der Waals surface area contributed by atoms with Crippen LogP contribution < -0.4 is 11.2 Å². The third kappa shape index (κ3) is 2.40. The first-order valence-corrected chi connectivity index (χ1v) is 5.99. The number of halogens is 1. The first kappa shape index (κ1) is 13.4. The summed E-state index contributed by atoms with van der Waals surface area (Å²) in [5.41, 5.74) is 1.15. The van der Waals surface area contributed by atoms with Crippen LogP contribution in [0.1, 0.15) is 12.6 Å². The molecule has 9 heteroatoms. The Morgan fingerprint density at radius 2 is 2.39 bits per heavy atom. The topological polar surface area (TPSA) is 117 Å². The highest BCUT2D eigenvalue weighted by Gasteiger charge is 2.35. The molecule has 1 aliphatic heterocycles. The SMILES string of the molecule is O=c1nc(NO)c(Br)cn1[C@H]1C[C@H](O)[C@@H](CO)O1. The molecule has 2 rings (SSSR count). The highest BCUT2D eigenvalue weighted by Crippen LogP contribution is 2.28. The molecule has 1 saturated heterocycles. The van der Waals surface area contributed by atoms with Crippen molar-refractivity contribution < 1.29 is 20.2 Å². The molecule has 100 valence electrons. The van der Waals surface area contributed by atoms with Crippen LogP contribution in [0.25, 0.3) is 0 Å². The Labute approximate surface area is 110 Å². The number of hydrogen-bond donors (Lipinski definition) is 4. The molecule has 4 N–H and O–H groups in total. The van der Waals surface area contributed by atoms with Crippen LogP contribution in [-0.4, -0.2) is 43.8 Å². The lowest BCUT2D eigenvalue weighted by Gasteiger charge is -2.15. The van der Waals surface area contributed by atoms with E-state index in [0.717, 1.165) is 0 Å². The Balaban J connectivity index is 2.30. The second kappa shape index (κ2) is 5.33. The second-order valence-electron chi connectivity index (χ2n) is 3.85. The van der Waals surface area contributed by atoms with E-state index < -0.39 is 24.1 Å². The summed E-state index contributed by atoms with van der Waals surface area (Å²) < 4.78 is 6.89. The van der Waals surface area contributed by atoms with Gasteiger partial charge in [-0.3, -0.25) is 15.3 Å². The van der Waals surface area contributed by atoms with Crippen LogP contribution >= 0.6 is 15.9 Å². The maximum absolute atomic E-state index is 11.7. The molecule has 1 aromatic heterocycles. The van der Waals surface area contributed by atoms with Crippen molar-refractivity contribution in [3.05, 3.63) is 21.2 Å². The molecule has 0 aliphatic carbocycles. The van der Waals surface area contributed by atoms with Gasteiger partial charge in [0, 0.05) is 12.6 Å². The third-order valence-corrected chi connectivity index (χ3v) is 3.29. The highest BCUT2D eigenvalue weighted by atomic mass is 79.9. The van der Waals surface area contributed by atoms with Crippen LogP contribution in [-0.2, 0) is 4.74 Å². The number of aromatic nitrogens is 2. The molecule has 0 bridgehead atoms. The maximum Gasteiger partial charge on any atom is 0.351 e. The minimum Gasteiger partial charge on any atom is -0.394 e. The fourth-order valence-electron chi connectivity index (χ4n) is 1.78. The van der Waals surface area contributed by atoms with Crippen molar-refractivity contribution in [3.8, 4) is 0 Å². The molecule has 0 saturated carbocycles. The van der Waals surface area contributed by atoms with Crippen molar-refractivity contribution in [2.24, 2.45) is 0 Å². The number of aliphatic hydroxyl groups is 2. The summed E-state index contributed by atoms with van der Waals surface area (Å²) in [6.07, 6.45) is -0.658. The van der Waals surface area contributed by atoms with E-state index in [2.05, 4.69) is 20.9 Å². The fourth-order valence-corrected chi connectivity index (χ4v) is 2.18. The van der Waals surface area contributed by atoms with Gasteiger partial charge in [0.05, 0.1) is 17.2 Å². The minimum absolute atomic E-state index is 0.00602. The van der Waals surface area contributed by atoms with Gasteiger partial charge in [0.15, 0.2) is 5.82 Å². The van der Waals surface area contributed by atoms with Gasteiger partial charge in [-0.2, -0.15) is 4.98 Å². The van der Waals surface area contributed by atoms with E-state index in [1.54, 1.807) is 5.48 Å². The first-order chi connectivity index (χ1) is 8.56. The molecule has 1 fully saturated rings. The van der Waals surface area contributed by atoms with Gasteiger partial charge in [-0.1, -0.05) is 0 Å². The lowest BCUT2D eigenvalue weighted by atomic mass is 10.2. The average molecular weight is 322 g/mol. The van der Waals surface area contributed by atoms with E-state index >= 15 is 0 Å². The van der Waals surface area contributed by atoms with Gasteiger partial charge in [0.25, 0.3) is 0 Å². The maximum atomic E-state index is 11.7. The first-order valence-electron chi connectivity index (χ1n) is 5.20. The number of anilines is 1. The Bertz CT molecular complexity index is 494. The standard InChI is InChI=1S/C9H12BrN3O5/c10-4-2-13(9(16)11-8(4)12-17)7-1-5(15)6(3-14)18-7/h2,5-7,14-15,17H,1,3H2,(H,11,12,16)/t5-,6+,7+/m0/s1. The van der Waals surface area contributed by atoms with Crippen molar-refractivity contribution in [1.82, 2.24) is 9.55 Å². The van der Waals surface area contributed by atoms with E-state index in [-0.39, 0.29) is 18.8 Å². The predicted octanol–water partition coefficient (Wildman–Crippen LogP) is -0.552. The summed E-state index contributed by atoms with van der Waals surface area (Å²) in [6.45, 7) is -0.322. The van der Waals surface area contributed by atoms with Crippen molar-refractivity contribution in [1.29, 1.82) is 0 Å². The van der Waals surface area contributed by atoms with Crippen LogP contribution in [0.5, 0.6) is 0 Å². The van der Waals surface area contributed by atoms with Crippen molar-refractivity contribution in [3.63, 3.8) is 0 Å². The monoisotopic (exact) mass is 321 g/mol. The molecule has 0 amide bonds. The van der Waals surface area contributed by atoms with Crippen LogP contribution in [0.15, 0.2) is 15.5 Å². The Hall–Kier alpha value is -1.00. The lowest BCUT2D eigenvalue weighted by Crippen LogP contribution is -2.28. The minimum atomic E-state index is -0.832. The lowest BCUT2D eigenvalue weighted by molar-refractivity contribution is -0.0459. The molecular formula is C9H12BrN3O5. The van der Waals surface area contributed by atoms with E-state index in [4.69, 9.17) is 15.1 Å². The summed E-state index contributed by atoms with van der Waals surface area (Å²) >= 11 is 3.12. The molecule has 18 heavy (non-hydrogen) atoms. The molecule has 3 atom stereocenters. The normalized spacial score (nSPS) is 27.4. The van der Waals surface area contributed by atoms with Crippen molar-refractivity contribution in [2.75, 3.05) is 12.1 Å². The van der Waals surface area contributed by atoms with Crippen LogP contribution in [0.3, 0.4) is 0 Å². The largest absolute Gasteiger partial charge is 0.394 e. The van der Waals surface area contributed by atoms with Gasteiger partial charge in [-0.05, 0) is 15.9 Å². The van der Waals surface area contributed by atoms with Crippen LogP contribution in [0.4, 0.5) is 5.82 Å². The number of nitrogens with one attached hydrogen (secondary N) is 1. The molecule has 0 aromatic carbocycles. The summed E-state index contributed by atoms with van der Waals surface area (Å²) in [6, 6.07) is 0.